The third-order valence-corrected chi connectivity index (χ3v) is 3.11. The van der Waals surface area contributed by atoms with Crippen LogP contribution in [0.3, 0.4) is 0 Å². The number of methoxy groups -OCH3 is 1. The summed E-state index contributed by atoms with van der Waals surface area (Å²) in [4.78, 5) is 0. The second kappa shape index (κ2) is 4.26. The third-order valence-electron chi connectivity index (χ3n) is 3.11. The molecule has 0 saturated heterocycles. The third kappa shape index (κ3) is 1.83. The molecular weight excluding hydrogens is 214 g/mol. The summed E-state index contributed by atoms with van der Waals surface area (Å²) in [6.45, 7) is 1.93. The van der Waals surface area contributed by atoms with Gasteiger partial charge in [-0.2, -0.15) is 0 Å². The monoisotopic (exact) mass is 229 g/mol. The van der Waals surface area contributed by atoms with Crippen LogP contribution in [0.1, 0.15) is 12.2 Å². The first-order valence-corrected chi connectivity index (χ1v) is 5.85. The van der Waals surface area contributed by atoms with Gasteiger partial charge in [0.15, 0.2) is 11.3 Å². The number of furan rings is 1. The molecule has 0 amide bonds. The second-order valence-electron chi connectivity index (χ2n) is 4.17. The summed E-state index contributed by atoms with van der Waals surface area (Å²) in [6, 6.07) is 8.05. The second-order valence-corrected chi connectivity index (χ2v) is 4.17. The first kappa shape index (κ1) is 10.4. The van der Waals surface area contributed by atoms with Crippen molar-refractivity contribution in [2.24, 2.45) is 0 Å². The molecule has 2 aromatic rings. The predicted molar refractivity (Wildman–Crippen MR) is 68.2 cm³/mol. The minimum atomic E-state index is 0.795. The van der Waals surface area contributed by atoms with E-state index >= 15 is 0 Å². The van der Waals surface area contributed by atoms with Crippen LogP contribution >= 0.6 is 0 Å². The zero-order valence-corrected chi connectivity index (χ0v) is 9.82. The summed E-state index contributed by atoms with van der Waals surface area (Å²) in [5.74, 6) is 1.76. The molecule has 0 bridgehead atoms. The van der Waals surface area contributed by atoms with Crippen molar-refractivity contribution in [3.63, 3.8) is 0 Å². The topological polar surface area (TPSA) is 34.4 Å². The maximum absolute atomic E-state index is 5.91. The van der Waals surface area contributed by atoms with Gasteiger partial charge in [-0.15, -0.1) is 0 Å². The summed E-state index contributed by atoms with van der Waals surface area (Å²) in [5.41, 5.74) is 2.12. The van der Waals surface area contributed by atoms with E-state index in [4.69, 9.17) is 9.15 Å². The Hall–Kier alpha value is -1.74. The molecular formula is C14H15NO2. The van der Waals surface area contributed by atoms with Gasteiger partial charge in [0.25, 0.3) is 0 Å². The molecule has 0 saturated carbocycles. The quantitative estimate of drug-likeness (QED) is 0.859. The van der Waals surface area contributed by atoms with Crippen LogP contribution in [0.2, 0.25) is 0 Å². The fourth-order valence-electron chi connectivity index (χ4n) is 2.20. The fourth-order valence-corrected chi connectivity index (χ4v) is 2.20. The molecule has 1 N–H and O–H groups in total. The molecule has 0 fully saturated rings. The maximum Gasteiger partial charge on any atom is 0.176 e. The van der Waals surface area contributed by atoms with Crippen LogP contribution in [0.4, 0.5) is 0 Å². The average molecular weight is 229 g/mol. The zero-order chi connectivity index (χ0) is 11.7. The summed E-state index contributed by atoms with van der Waals surface area (Å²) in [5, 5.41) is 4.39. The molecule has 1 aromatic heterocycles. The molecule has 0 aliphatic carbocycles. The Bertz CT molecular complexity index is 569. The molecule has 2 heterocycles. The molecule has 0 atom stereocenters. The first-order valence-electron chi connectivity index (χ1n) is 5.85. The molecule has 0 unspecified atom stereocenters. The lowest BCUT2D eigenvalue weighted by Gasteiger charge is -2.11. The van der Waals surface area contributed by atoms with Crippen molar-refractivity contribution in [2.45, 2.75) is 6.42 Å². The lowest BCUT2D eigenvalue weighted by Crippen LogP contribution is -2.19. The summed E-state index contributed by atoms with van der Waals surface area (Å²) >= 11 is 0. The predicted octanol–water partition coefficient (Wildman–Crippen LogP) is 2.82. The number of ether oxygens (including phenoxy) is 1. The van der Waals surface area contributed by atoms with Gasteiger partial charge >= 0.3 is 0 Å². The van der Waals surface area contributed by atoms with Gasteiger partial charge in [-0.1, -0.05) is 18.2 Å². The van der Waals surface area contributed by atoms with Crippen LogP contribution in [0.25, 0.3) is 16.5 Å². The van der Waals surface area contributed by atoms with Crippen LogP contribution in [0.15, 0.2) is 34.8 Å². The minimum Gasteiger partial charge on any atom is -0.493 e. The van der Waals surface area contributed by atoms with E-state index in [-0.39, 0.29) is 0 Å². The van der Waals surface area contributed by atoms with Crippen molar-refractivity contribution < 1.29 is 9.15 Å². The van der Waals surface area contributed by atoms with E-state index in [9.17, 15) is 0 Å². The van der Waals surface area contributed by atoms with Gasteiger partial charge in [0.1, 0.15) is 5.76 Å². The standard InChI is InChI=1S/C14H15NO2/c1-16-12-4-2-3-11-9-13(17-14(11)12)10-5-7-15-8-6-10/h2-5,9,15H,6-8H2,1H3. The SMILES string of the molecule is COc1cccc2cc(C3=CCNCC3)oc12. The Labute approximate surface area is 100 Å². The molecule has 3 heteroatoms. The highest BCUT2D eigenvalue weighted by Gasteiger charge is 2.13. The lowest BCUT2D eigenvalue weighted by atomic mass is 10.1. The smallest absolute Gasteiger partial charge is 0.176 e. The Kier molecular flexibility index (Phi) is 2.61. The molecule has 88 valence electrons. The molecule has 17 heavy (non-hydrogen) atoms. The van der Waals surface area contributed by atoms with Crippen LogP contribution in [0.5, 0.6) is 5.75 Å². The number of hydrogen-bond acceptors (Lipinski definition) is 3. The maximum atomic E-state index is 5.91. The Balaban J connectivity index is 2.10. The van der Waals surface area contributed by atoms with Crippen molar-refractivity contribution in [3.8, 4) is 5.75 Å². The van der Waals surface area contributed by atoms with Gasteiger partial charge in [-0.25, -0.2) is 0 Å². The van der Waals surface area contributed by atoms with Gasteiger partial charge < -0.3 is 14.5 Å². The number of para-hydroxylation sites is 1. The van der Waals surface area contributed by atoms with E-state index in [2.05, 4.69) is 17.5 Å². The normalized spacial score (nSPS) is 15.9. The van der Waals surface area contributed by atoms with Gasteiger partial charge in [0.05, 0.1) is 7.11 Å². The summed E-state index contributed by atoms with van der Waals surface area (Å²) in [7, 11) is 1.67. The average Bonchev–Trinajstić information content (AvgIpc) is 2.83. The highest BCUT2D eigenvalue weighted by atomic mass is 16.5. The van der Waals surface area contributed by atoms with Gasteiger partial charge in [-0.3, -0.25) is 0 Å². The van der Waals surface area contributed by atoms with Crippen molar-refractivity contribution in [2.75, 3.05) is 20.2 Å². The molecule has 0 radical (unpaired) electrons. The van der Waals surface area contributed by atoms with Crippen LogP contribution in [-0.2, 0) is 0 Å². The summed E-state index contributed by atoms with van der Waals surface area (Å²) < 4.78 is 11.2. The number of fused-ring (bicyclic) bond motifs is 1. The number of nitrogens with one attached hydrogen (secondary N) is 1. The van der Waals surface area contributed by atoms with Crippen LogP contribution < -0.4 is 10.1 Å². The molecule has 1 aliphatic heterocycles. The highest BCUT2D eigenvalue weighted by molar-refractivity contribution is 5.86. The lowest BCUT2D eigenvalue weighted by molar-refractivity contribution is 0.409. The van der Waals surface area contributed by atoms with E-state index < -0.39 is 0 Å². The molecule has 1 aliphatic rings. The van der Waals surface area contributed by atoms with Crippen molar-refractivity contribution in [3.05, 3.63) is 36.1 Å². The van der Waals surface area contributed by atoms with E-state index in [0.29, 0.717) is 0 Å². The molecule has 0 spiro atoms. The number of hydrogen-bond donors (Lipinski definition) is 1. The van der Waals surface area contributed by atoms with E-state index in [1.54, 1.807) is 7.11 Å². The van der Waals surface area contributed by atoms with Gasteiger partial charge in [0.2, 0.25) is 0 Å². The van der Waals surface area contributed by atoms with E-state index in [0.717, 1.165) is 42.0 Å². The highest BCUT2D eigenvalue weighted by Crippen LogP contribution is 2.32. The van der Waals surface area contributed by atoms with E-state index in [1.807, 2.05) is 18.2 Å². The summed E-state index contributed by atoms with van der Waals surface area (Å²) in [6.07, 6.45) is 3.20. The minimum absolute atomic E-state index is 0.795. The number of rotatable bonds is 2. The van der Waals surface area contributed by atoms with Gasteiger partial charge in [0, 0.05) is 11.9 Å². The first-order chi connectivity index (χ1) is 8.38. The zero-order valence-electron chi connectivity index (χ0n) is 9.82. The Morgan fingerprint density at radius 2 is 2.29 bits per heavy atom. The van der Waals surface area contributed by atoms with Crippen molar-refractivity contribution >= 4 is 16.5 Å². The largest absolute Gasteiger partial charge is 0.493 e. The van der Waals surface area contributed by atoms with Crippen LogP contribution in [-0.4, -0.2) is 20.2 Å². The molecule has 1 aromatic carbocycles. The van der Waals surface area contributed by atoms with Crippen molar-refractivity contribution in [1.82, 2.24) is 5.32 Å². The number of benzene rings is 1. The van der Waals surface area contributed by atoms with Crippen LogP contribution in [0, 0.1) is 0 Å². The fraction of sp³-hybridized carbons (Fsp3) is 0.286. The van der Waals surface area contributed by atoms with Gasteiger partial charge in [-0.05, 0) is 30.7 Å². The Morgan fingerprint density at radius 3 is 3.06 bits per heavy atom. The Morgan fingerprint density at radius 1 is 1.35 bits per heavy atom. The molecule has 3 rings (SSSR count). The van der Waals surface area contributed by atoms with Crippen molar-refractivity contribution in [1.29, 1.82) is 0 Å². The molecule has 3 nitrogen and oxygen atoms in total. The van der Waals surface area contributed by atoms with E-state index in [1.165, 1.54) is 5.57 Å².